The van der Waals surface area contributed by atoms with Crippen LogP contribution in [-0.4, -0.2) is 18.2 Å². The maximum Gasteiger partial charge on any atom is 0.238 e. The summed E-state index contributed by atoms with van der Waals surface area (Å²) in [6.07, 6.45) is 3.57. The van der Waals surface area contributed by atoms with E-state index >= 15 is 0 Å². The molecule has 0 atom stereocenters. The highest BCUT2D eigenvalue weighted by atomic mass is 35.5. The molecule has 2 N–H and O–H groups in total. The first kappa shape index (κ1) is 14.8. The fourth-order valence-corrected chi connectivity index (χ4v) is 2.43. The van der Waals surface area contributed by atoms with Crippen molar-refractivity contribution in [2.75, 3.05) is 0 Å². The largest absolute Gasteiger partial charge is 0.487 e. The lowest BCUT2D eigenvalue weighted by Crippen LogP contribution is -2.12. The summed E-state index contributed by atoms with van der Waals surface area (Å²) in [5.74, 6) is 0.392. The van der Waals surface area contributed by atoms with Gasteiger partial charge in [0.05, 0.1) is 16.1 Å². The van der Waals surface area contributed by atoms with Crippen LogP contribution in [-0.2, 0) is 23.2 Å². The average Bonchev–Trinajstić information content (AvgIpc) is 2.84. The number of primary sulfonamides is 1. The zero-order valence-electron chi connectivity index (χ0n) is 10.8. The van der Waals surface area contributed by atoms with Gasteiger partial charge in [-0.3, -0.25) is 4.68 Å². The Morgan fingerprint density at radius 3 is 2.75 bits per heavy atom. The number of nitrogens with two attached hydrogens (primary N) is 1. The number of hydrogen-bond donors (Lipinski definition) is 1. The predicted molar refractivity (Wildman–Crippen MR) is 75.1 cm³/mol. The van der Waals surface area contributed by atoms with E-state index in [1.165, 1.54) is 18.2 Å². The van der Waals surface area contributed by atoms with Gasteiger partial charge in [0.2, 0.25) is 10.0 Å². The molecule has 1 heterocycles. The second kappa shape index (κ2) is 5.82. The molecule has 8 heteroatoms. The zero-order chi connectivity index (χ0) is 14.8. The van der Waals surface area contributed by atoms with Crippen molar-refractivity contribution >= 4 is 21.6 Å². The van der Waals surface area contributed by atoms with Crippen molar-refractivity contribution in [3.8, 4) is 5.75 Å². The third kappa shape index (κ3) is 3.50. The van der Waals surface area contributed by atoms with Gasteiger partial charge in [-0.15, -0.1) is 0 Å². The maximum absolute atomic E-state index is 11.2. The number of ether oxygens (including phenoxy) is 1. The van der Waals surface area contributed by atoms with Crippen LogP contribution < -0.4 is 9.88 Å². The number of rotatable bonds is 5. The van der Waals surface area contributed by atoms with Gasteiger partial charge in [0.25, 0.3) is 0 Å². The van der Waals surface area contributed by atoms with Gasteiger partial charge in [-0.05, 0) is 25.1 Å². The van der Waals surface area contributed by atoms with Crippen LogP contribution in [0.5, 0.6) is 5.75 Å². The third-order valence-corrected chi connectivity index (χ3v) is 3.84. The maximum atomic E-state index is 11.2. The molecule has 0 saturated carbocycles. The zero-order valence-corrected chi connectivity index (χ0v) is 12.4. The van der Waals surface area contributed by atoms with Gasteiger partial charge in [-0.25, -0.2) is 13.6 Å². The summed E-state index contributed by atoms with van der Waals surface area (Å²) in [5.41, 5.74) is 0.901. The summed E-state index contributed by atoms with van der Waals surface area (Å²) in [4.78, 5) is -0.0475. The number of aryl methyl sites for hydroxylation is 1. The van der Waals surface area contributed by atoms with E-state index in [2.05, 4.69) is 5.10 Å². The van der Waals surface area contributed by atoms with Crippen LogP contribution in [0.15, 0.2) is 35.5 Å². The Morgan fingerprint density at radius 1 is 1.45 bits per heavy atom. The standard InChI is InChI=1S/C12H14ClN3O3S/c1-2-16-7-9(6-15-16)8-19-12-4-3-10(5-11(12)13)20(14,17)18/h3-7H,2,8H2,1H3,(H2,14,17,18). The lowest BCUT2D eigenvalue weighted by molar-refractivity contribution is 0.306. The highest BCUT2D eigenvalue weighted by Crippen LogP contribution is 2.27. The minimum Gasteiger partial charge on any atom is -0.487 e. The molecular formula is C12H14ClN3O3S. The Kier molecular flexibility index (Phi) is 4.32. The van der Waals surface area contributed by atoms with E-state index in [0.717, 1.165) is 12.1 Å². The van der Waals surface area contributed by atoms with Crippen LogP contribution in [0.2, 0.25) is 5.02 Å². The molecule has 0 bridgehead atoms. The lowest BCUT2D eigenvalue weighted by atomic mass is 10.3. The van der Waals surface area contributed by atoms with Gasteiger partial charge >= 0.3 is 0 Å². The molecule has 0 aliphatic rings. The smallest absolute Gasteiger partial charge is 0.238 e. The molecule has 1 aromatic heterocycles. The summed E-state index contributed by atoms with van der Waals surface area (Å²) in [7, 11) is -3.76. The molecule has 0 fully saturated rings. The van der Waals surface area contributed by atoms with Crippen molar-refractivity contribution in [1.82, 2.24) is 9.78 Å². The molecule has 0 aliphatic heterocycles. The van der Waals surface area contributed by atoms with Crippen molar-refractivity contribution in [2.24, 2.45) is 5.14 Å². The van der Waals surface area contributed by atoms with E-state index in [0.29, 0.717) is 12.4 Å². The van der Waals surface area contributed by atoms with E-state index in [1.807, 2.05) is 13.1 Å². The molecule has 20 heavy (non-hydrogen) atoms. The van der Waals surface area contributed by atoms with Crippen LogP contribution in [0, 0.1) is 0 Å². The molecule has 0 saturated heterocycles. The van der Waals surface area contributed by atoms with Gasteiger partial charge in [-0.1, -0.05) is 11.6 Å². The first-order valence-corrected chi connectivity index (χ1v) is 7.79. The van der Waals surface area contributed by atoms with Crippen LogP contribution >= 0.6 is 11.6 Å². The average molecular weight is 316 g/mol. The fourth-order valence-electron chi connectivity index (χ4n) is 1.59. The van der Waals surface area contributed by atoms with Crippen molar-refractivity contribution in [3.63, 3.8) is 0 Å². The predicted octanol–water partition coefficient (Wildman–Crippen LogP) is 1.78. The first-order chi connectivity index (χ1) is 9.40. The summed E-state index contributed by atoms with van der Waals surface area (Å²) >= 11 is 5.97. The molecule has 0 aliphatic carbocycles. The van der Waals surface area contributed by atoms with E-state index in [9.17, 15) is 8.42 Å². The van der Waals surface area contributed by atoms with E-state index in [4.69, 9.17) is 21.5 Å². The Bertz CT molecular complexity index is 712. The molecule has 2 rings (SSSR count). The van der Waals surface area contributed by atoms with E-state index in [-0.39, 0.29) is 9.92 Å². The van der Waals surface area contributed by atoms with Gasteiger partial charge < -0.3 is 4.74 Å². The van der Waals surface area contributed by atoms with Gasteiger partial charge in [0.15, 0.2) is 0 Å². The third-order valence-electron chi connectivity index (χ3n) is 2.64. The molecule has 0 radical (unpaired) electrons. The Morgan fingerprint density at radius 2 is 2.20 bits per heavy atom. The minimum atomic E-state index is -3.76. The van der Waals surface area contributed by atoms with Gasteiger partial charge in [0, 0.05) is 18.3 Å². The van der Waals surface area contributed by atoms with Crippen molar-refractivity contribution < 1.29 is 13.2 Å². The molecule has 0 spiro atoms. The van der Waals surface area contributed by atoms with Crippen molar-refractivity contribution in [2.45, 2.75) is 25.0 Å². The lowest BCUT2D eigenvalue weighted by Gasteiger charge is -2.07. The monoisotopic (exact) mass is 315 g/mol. The summed E-state index contributed by atoms with van der Waals surface area (Å²) in [6, 6.07) is 4.10. The number of hydrogen-bond acceptors (Lipinski definition) is 4. The topological polar surface area (TPSA) is 87.2 Å². The van der Waals surface area contributed by atoms with Crippen LogP contribution in [0.1, 0.15) is 12.5 Å². The second-order valence-corrected chi connectivity index (χ2v) is 6.10. The molecule has 6 nitrogen and oxygen atoms in total. The molecule has 1 aromatic carbocycles. The minimum absolute atomic E-state index is 0.0475. The first-order valence-electron chi connectivity index (χ1n) is 5.86. The summed E-state index contributed by atoms with van der Waals surface area (Å²) in [5, 5.41) is 9.34. The number of halogens is 1. The van der Waals surface area contributed by atoms with Crippen LogP contribution in [0.25, 0.3) is 0 Å². The summed E-state index contributed by atoms with van der Waals surface area (Å²) < 4.78 is 29.7. The highest BCUT2D eigenvalue weighted by molar-refractivity contribution is 7.89. The normalized spacial score (nSPS) is 11.6. The quantitative estimate of drug-likeness (QED) is 0.911. The molecule has 0 amide bonds. The Hall–Kier alpha value is -1.57. The Labute approximate surface area is 122 Å². The number of benzene rings is 1. The van der Waals surface area contributed by atoms with E-state index < -0.39 is 10.0 Å². The number of sulfonamides is 1. The molecule has 0 unspecified atom stereocenters. The molecular weight excluding hydrogens is 302 g/mol. The van der Waals surface area contributed by atoms with Crippen LogP contribution in [0.3, 0.4) is 0 Å². The number of aromatic nitrogens is 2. The molecule has 108 valence electrons. The highest BCUT2D eigenvalue weighted by Gasteiger charge is 2.11. The van der Waals surface area contributed by atoms with Gasteiger partial charge in [0.1, 0.15) is 12.4 Å². The van der Waals surface area contributed by atoms with Crippen molar-refractivity contribution in [3.05, 3.63) is 41.2 Å². The number of nitrogens with zero attached hydrogens (tertiary/aromatic N) is 2. The Balaban J connectivity index is 2.10. The fraction of sp³-hybridized carbons (Fsp3) is 0.250. The summed E-state index contributed by atoms with van der Waals surface area (Å²) in [6.45, 7) is 3.07. The second-order valence-electron chi connectivity index (χ2n) is 4.13. The SMILES string of the molecule is CCn1cc(COc2ccc(S(N)(=O)=O)cc2Cl)cn1. The molecule has 2 aromatic rings. The van der Waals surface area contributed by atoms with Gasteiger partial charge in [-0.2, -0.15) is 5.10 Å². The van der Waals surface area contributed by atoms with Crippen LogP contribution in [0.4, 0.5) is 0 Å². The van der Waals surface area contributed by atoms with Crippen molar-refractivity contribution in [1.29, 1.82) is 0 Å². The van der Waals surface area contributed by atoms with E-state index in [1.54, 1.807) is 10.9 Å².